The second-order valence-corrected chi connectivity index (χ2v) is 6.99. The molecule has 0 bridgehead atoms. The minimum atomic E-state index is -0.279. The lowest BCUT2D eigenvalue weighted by Crippen LogP contribution is -2.45. The monoisotopic (exact) mass is 388 g/mol. The Hall–Kier alpha value is -2.87. The van der Waals surface area contributed by atoms with Gasteiger partial charge in [-0.05, 0) is 51.1 Å². The van der Waals surface area contributed by atoms with Gasteiger partial charge in [0.15, 0.2) is 0 Å². The van der Waals surface area contributed by atoms with Gasteiger partial charge in [-0.1, -0.05) is 12.1 Å². The molecule has 1 aromatic carbocycles. The van der Waals surface area contributed by atoms with E-state index < -0.39 is 0 Å². The van der Waals surface area contributed by atoms with Crippen LogP contribution in [0, 0.1) is 0 Å². The van der Waals surface area contributed by atoms with Gasteiger partial charge in [-0.3, -0.25) is 14.5 Å². The third-order valence-electron chi connectivity index (χ3n) is 4.63. The minimum Gasteiger partial charge on any atom is -0.508 e. The number of carbonyl (C=O) groups is 3. The molecule has 28 heavy (non-hydrogen) atoms. The van der Waals surface area contributed by atoms with Crippen LogP contribution in [0.1, 0.15) is 18.4 Å². The fourth-order valence-electron chi connectivity index (χ4n) is 2.86. The third-order valence-corrected chi connectivity index (χ3v) is 4.63. The molecule has 3 N–H and O–H groups in total. The smallest absolute Gasteiger partial charge is 0.314 e. The van der Waals surface area contributed by atoms with Gasteiger partial charge in [-0.2, -0.15) is 0 Å². The number of unbranched alkanes of at least 4 members (excludes halogenated alkanes) is 1. The number of phenolic OH excluding ortho intramolecular Hbond substituents is 1. The van der Waals surface area contributed by atoms with E-state index in [2.05, 4.69) is 10.6 Å². The summed E-state index contributed by atoms with van der Waals surface area (Å²) >= 11 is 0. The van der Waals surface area contributed by atoms with Crippen molar-refractivity contribution in [2.24, 2.45) is 0 Å². The summed E-state index contributed by atoms with van der Waals surface area (Å²) in [7, 11) is 3.92. The summed E-state index contributed by atoms with van der Waals surface area (Å²) in [5.41, 5.74) is 1.08. The standard InChI is InChI=1S/C20H28N4O4/c1-23(2)16(13-15-5-7-17(25)8-6-15)14-22-20(28)21-11-3-4-12-24-18(26)9-10-19(24)27/h5-10,16,25H,3-4,11-14H2,1-2H3,(H2,21,22,28). The van der Waals surface area contributed by atoms with E-state index in [9.17, 15) is 19.5 Å². The first-order chi connectivity index (χ1) is 13.4. The van der Waals surface area contributed by atoms with Gasteiger partial charge in [0, 0.05) is 37.8 Å². The summed E-state index contributed by atoms with van der Waals surface area (Å²) in [4.78, 5) is 38.1. The summed E-state index contributed by atoms with van der Waals surface area (Å²) < 4.78 is 0. The Balaban J connectivity index is 1.63. The maximum absolute atomic E-state index is 12.0. The molecule has 1 aromatic rings. The van der Waals surface area contributed by atoms with Gasteiger partial charge in [0.2, 0.25) is 0 Å². The highest BCUT2D eigenvalue weighted by molar-refractivity contribution is 6.12. The Morgan fingerprint density at radius 1 is 1.07 bits per heavy atom. The number of hydrogen-bond donors (Lipinski definition) is 3. The molecule has 1 aliphatic heterocycles. The van der Waals surface area contributed by atoms with E-state index >= 15 is 0 Å². The van der Waals surface area contributed by atoms with Crippen molar-refractivity contribution in [3.8, 4) is 5.75 Å². The molecule has 0 fully saturated rings. The Labute approximate surface area is 165 Å². The van der Waals surface area contributed by atoms with Gasteiger partial charge in [-0.25, -0.2) is 4.79 Å². The number of phenols is 1. The highest BCUT2D eigenvalue weighted by Crippen LogP contribution is 2.12. The molecule has 1 unspecified atom stereocenters. The van der Waals surface area contributed by atoms with Crippen molar-refractivity contribution in [3.05, 3.63) is 42.0 Å². The van der Waals surface area contributed by atoms with Crippen LogP contribution in [0.2, 0.25) is 0 Å². The molecule has 152 valence electrons. The molecule has 8 nitrogen and oxygen atoms in total. The van der Waals surface area contributed by atoms with Crippen molar-refractivity contribution in [3.63, 3.8) is 0 Å². The van der Waals surface area contributed by atoms with Crippen molar-refractivity contribution >= 4 is 17.8 Å². The van der Waals surface area contributed by atoms with Crippen molar-refractivity contribution in [1.82, 2.24) is 20.4 Å². The number of carbonyl (C=O) groups excluding carboxylic acids is 3. The maximum Gasteiger partial charge on any atom is 0.314 e. The predicted octanol–water partition coefficient (Wildman–Crippen LogP) is 0.869. The summed E-state index contributed by atoms with van der Waals surface area (Å²) in [5, 5.41) is 15.0. The minimum absolute atomic E-state index is 0.120. The lowest BCUT2D eigenvalue weighted by Gasteiger charge is -2.25. The van der Waals surface area contributed by atoms with Crippen molar-refractivity contribution in [2.45, 2.75) is 25.3 Å². The lowest BCUT2D eigenvalue weighted by molar-refractivity contribution is -0.136. The summed E-state index contributed by atoms with van der Waals surface area (Å²) in [6.07, 6.45) is 4.61. The Kier molecular flexibility index (Phi) is 8.01. The van der Waals surface area contributed by atoms with E-state index in [0.717, 1.165) is 12.0 Å². The SMILES string of the molecule is CN(C)C(CNC(=O)NCCCCN1C(=O)C=CC1=O)Cc1ccc(O)cc1. The van der Waals surface area contributed by atoms with Crippen LogP contribution in [0.4, 0.5) is 4.79 Å². The lowest BCUT2D eigenvalue weighted by atomic mass is 10.1. The number of nitrogens with one attached hydrogen (secondary N) is 2. The van der Waals surface area contributed by atoms with Crippen LogP contribution in [-0.2, 0) is 16.0 Å². The van der Waals surface area contributed by atoms with Gasteiger partial charge >= 0.3 is 6.03 Å². The molecule has 0 saturated carbocycles. The van der Waals surface area contributed by atoms with Gasteiger partial charge in [0.1, 0.15) is 5.75 Å². The average molecular weight is 388 g/mol. The fraction of sp³-hybridized carbons (Fsp3) is 0.450. The highest BCUT2D eigenvalue weighted by atomic mass is 16.3. The molecular formula is C20H28N4O4. The van der Waals surface area contributed by atoms with Crippen molar-refractivity contribution in [2.75, 3.05) is 33.7 Å². The predicted molar refractivity (Wildman–Crippen MR) is 106 cm³/mol. The highest BCUT2D eigenvalue weighted by Gasteiger charge is 2.22. The number of likely N-dealkylation sites (N-methyl/N-ethyl adjacent to an activating group) is 1. The first kappa shape index (κ1) is 21.4. The Morgan fingerprint density at radius 2 is 1.71 bits per heavy atom. The number of urea groups is 1. The van der Waals surface area contributed by atoms with E-state index in [-0.39, 0.29) is 29.6 Å². The molecule has 1 aliphatic rings. The molecule has 8 heteroatoms. The molecule has 1 atom stereocenters. The largest absolute Gasteiger partial charge is 0.508 e. The molecule has 0 aliphatic carbocycles. The normalized spacial score (nSPS) is 14.6. The maximum atomic E-state index is 12.0. The van der Waals surface area contributed by atoms with E-state index in [1.165, 1.54) is 17.1 Å². The van der Waals surface area contributed by atoms with Crippen LogP contribution < -0.4 is 10.6 Å². The van der Waals surface area contributed by atoms with E-state index in [0.29, 0.717) is 32.5 Å². The summed E-state index contributed by atoms with van der Waals surface area (Å²) in [6, 6.07) is 6.93. The van der Waals surface area contributed by atoms with Gasteiger partial charge in [0.05, 0.1) is 0 Å². The molecule has 4 amide bonds. The first-order valence-corrected chi connectivity index (χ1v) is 9.36. The van der Waals surface area contributed by atoms with Crippen LogP contribution in [0.3, 0.4) is 0 Å². The van der Waals surface area contributed by atoms with Crippen molar-refractivity contribution < 1.29 is 19.5 Å². The van der Waals surface area contributed by atoms with Crippen LogP contribution in [-0.4, -0.2) is 72.5 Å². The van der Waals surface area contributed by atoms with Gasteiger partial charge in [0.25, 0.3) is 11.8 Å². The van der Waals surface area contributed by atoms with E-state index in [1.807, 2.05) is 31.1 Å². The number of imide groups is 1. The molecule has 0 aromatic heterocycles. The zero-order valence-corrected chi connectivity index (χ0v) is 16.4. The number of hydrogen-bond acceptors (Lipinski definition) is 5. The first-order valence-electron chi connectivity index (χ1n) is 9.36. The molecule has 0 saturated heterocycles. The molecule has 2 rings (SSSR count). The van der Waals surface area contributed by atoms with E-state index in [1.54, 1.807) is 12.1 Å². The quantitative estimate of drug-likeness (QED) is 0.408. The van der Waals surface area contributed by atoms with Gasteiger partial charge < -0.3 is 20.6 Å². The number of rotatable bonds is 10. The molecule has 0 spiro atoms. The zero-order valence-electron chi connectivity index (χ0n) is 16.4. The summed E-state index contributed by atoms with van der Waals surface area (Å²) in [6.45, 7) is 1.32. The van der Waals surface area contributed by atoms with Crippen LogP contribution in [0.25, 0.3) is 0 Å². The second kappa shape index (κ2) is 10.5. The van der Waals surface area contributed by atoms with Crippen LogP contribution >= 0.6 is 0 Å². The molecule has 0 radical (unpaired) electrons. The van der Waals surface area contributed by atoms with Crippen LogP contribution in [0.15, 0.2) is 36.4 Å². The summed E-state index contributed by atoms with van der Waals surface area (Å²) in [5.74, 6) is -0.324. The number of aromatic hydroxyl groups is 1. The topological polar surface area (TPSA) is 102 Å². The number of nitrogens with zero attached hydrogens (tertiary/aromatic N) is 2. The zero-order chi connectivity index (χ0) is 20.5. The number of amides is 4. The van der Waals surface area contributed by atoms with Crippen molar-refractivity contribution in [1.29, 1.82) is 0 Å². The second-order valence-electron chi connectivity index (χ2n) is 6.99. The third kappa shape index (κ3) is 6.70. The molecular weight excluding hydrogens is 360 g/mol. The Morgan fingerprint density at radius 3 is 2.32 bits per heavy atom. The fourth-order valence-corrected chi connectivity index (χ4v) is 2.86. The average Bonchev–Trinajstić information content (AvgIpc) is 2.98. The Bertz CT molecular complexity index is 697. The van der Waals surface area contributed by atoms with E-state index in [4.69, 9.17) is 0 Å². The number of benzene rings is 1. The van der Waals surface area contributed by atoms with Gasteiger partial charge in [-0.15, -0.1) is 0 Å². The molecule has 1 heterocycles. The van der Waals surface area contributed by atoms with Crippen LogP contribution in [0.5, 0.6) is 5.75 Å².